The molecule has 0 bridgehead atoms. The van der Waals surface area contributed by atoms with Crippen LogP contribution in [-0.4, -0.2) is 34.1 Å². The van der Waals surface area contributed by atoms with Crippen molar-refractivity contribution >= 4 is 86.4 Å². The molecule has 1 amide bonds. The third kappa shape index (κ3) is 6.19. The number of amidine groups is 1. The van der Waals surface area contributed by atoms with Gasteiger partial charge in [-0.2, -0.15) is 0 Å². The van der Waals surface area contributed by atoms with Gasteiger partial charge in [-0.15, -0.1) is 0 Å². The molecule has 10 heteroatoms. The van der Waals surface area contributed by atoms with Gasteiger partial charge < -0.3 is 9.84 Å². The zero-order valence-electron chi connectivity index (χ0n) is 18.2. The minimum Gasteiger partial charge on any atom is -0.488 e. The lowest BCUT2D eigenvalue weighted by Crippen LogP contribution is -2.23. The number of likely N-dealkylation sites (N-methyl/N-ethyl adjacent to an activating group) is 1. The highest BCUT2D eigenvalue weighted by Crippen LogP contribution is 2.34. The van der Waals surface area contributed by atoms with Gasteiger partial charge in [-0.3, -0.25) is 9.69 Å². The molecule has 0 atom stereocenters. The Morgan fingerprint density at radius 1 is 1.11 bits per heavy atom. The Balaban J connectivity index is 1.47. The standard InChI is InChI=1S/C25H17Cl2IN2O4S/c1-30-23(31)22(35-25(30)29-17-6-4-16(5-7-17)24(32)33)12-14-3-9-21(20(28)11-14)34-13-15-2-8-18(26)19(27)10-15/h2-12H,13H2,1H3,(H,32,33)/b22-12-,29-25?. The lowest BCUT2D eigenvalue weighted by atomic mass is 10.2. The Labute approximate surface area is 229 Å². The summed E-state index contributed by atoms with van der Waals surface area (Å²) in [6.45, 7) is 0.347. The number of carbonyl (C=O) groups excluding carboxylic acids is 1. The van der Waals surface area contributed by atoms with Crippen molar-refractivity contribution in [1.82, 2.24) is 4.90 Å². The maximum absolute atomic E-state index is 12.7. The molecule has 1 aliphatic heterocycles. The molecule has 3 aromatic rings. The predicted octanol–water partition coefficient (Wildman–Crippen LogP) is 7.11. The first kappa shape index (κ1) is 25.6. The van der Waals surface area contributed by atoms with Gasteiger partial charge in [-0.1, -0.05) is 35.3 Å². The highest BCUT2D eigenvalue weighted by Gasteiger charge is 2.30. The topological polar surface area (TPSA) is 79.2 Å². The average molecular weight is 639 g/mol. The molecule has 1 saturated heterocycles. The summed E-state index contributed by atoms with van der Waals surface area (Å²) in [6.07, 6.45) is 1.81. The lowest BCUT2D eigenvalue weighted by Gasteiger charge is -2.10. The van der Waals surface area contributed by atoms with Gasteiger partial charge in [0.2, 0.25) is 0 Å². The van der Waals surface area contributed by atoms with Crippen molar-refractivity contribution < 1.29 is 19.4 Å². The molecule has 0 aromatic heterocycles. The Morgan fingerprint density at radius 3 is 2.51 bits per heavy atom. The van der Waals surface area contributed by atoms with E-state index in [0.717, 1.165) is 14.7 Å². The number of rotatable bonds is 6. The SMILES string of the molecule is CN1C(=O)/C(=C/c2ccc(OCc3ccc(Cl)c(Cl)c3)c(I)c2)SC1=Nc1ccc(C(=O)O)cc1. The highest BCUT2D eigenvalue weighted by molar-refractivity contribution is 14.1. The molecule has 3 aromatic carbocycles. The van der Waals surface area contributed by atoms with Crippen LogP contribution in [0.2, 0.25) is 10.0 Å². The first-order valence-electron chi connectivity index (χ1n) is 10.2. The van der Waals surface area contributed by atoms with Crippen molar-refractivity contribution in [1.29, 1.82) is 0 Å². The van der Waals surface area contributed by atoms with Crippen molar-refractivity contribution in [3.63, 3.8) is 0 Å². The number of carboxylic acid groups (broad SMARTS) is 1. The number of carboxylic acids is 1. The fourth-order valence-corrected chi connectivity index (χ4v) is 5.11. The van der Waals surface area contributed by atoms with Crippen LogP contribution >= 0.6 is 57.6 Å². The third-order valence-electron chi connectivity index (χ3n) is 4.97. The van der Waals surface area contributed by atoms with Gasteiger partial charge in [0.15, 0.2) is 5.17 Å². The summed E-state index contributed by atoms with van der Waals surface area (Å²) in [6, 6.07) is 17.2. The van der Waals surface area contributed by atoms with Gasteiger partial charge in [-0.05, 0) is 100 Å². The van der Waals surface area contributed by atoms with Crippen LogP contribution < -0.4 is 4.74 Å². The van der Waals surface area contributed by atoms with Crippen LogP contribution in [0.4, 0.5) is 5.69 Å². The van der Waals surface area contributed by atoms with Gasteiger partial charge >= 0.3 is 5.97 Å². The summed E-state index contributed by atoms with van der Waals surface area (Å²) >= 11 is 15.5. The van der Waals surface area contributed by atoms with Crippen molar-refractivity contribution in [2.75, 3.05) is 7.05 Å². The number of aliphatic imine (C=N–C) groups is 1. The minimum absolute atomic E-state index is 0.161. The molecule has 0 spiro atoms. The number of halogens is 3. The molecular weight excluding hydrogens is 622 g/mol. The number of amides is 1. The van der Waals surface area contributed by atoms with E-state index in [1.54, 1.807) is 31.3 Å². The van der Waals surface area contributed by atoms with Crippen molar-refractivity contribution in [2.45, 2.75) is 6.61 Å². The van der Waals surface area contributed by atoms with E-state index in [1.807, 2.05) is 30.3 Å². The third-order valence-corrected chi connectivity index (χ3v) is 7.62. The molecule has 4 rings (SSSR count). The second-order valence-corrected chi connectivity index (χ2v) is 10.4. The molecule has 1 N–H and O–H groups in total. The molecule has 1 fully saturated rings. The summed E-state index contributed by atoms with van der Waals surface area (Å²) < 4.78 is 6.82. The summed E-state index contributed by atoms with van der Waals surface area (Å²) in [5.41, 5.74) is 2.50. The van der Waals surface area contributed by atoms with E-state index in [0.29, 0.717) is 38.2 Å². The van der Waals surface area contributed by atoms with Crippen molar-refractivity contribution in [2.24, 2.45) is 4.99 Å². The van der Waals surface area contributed by atoms with Gasteiger partial charge in [0.25, 0.3) is 5.91 Å². The molecular formula is C25H17Cl2IN2O4S. The largest absolute Gasteiger partial charge is 0.488 e. The number of carbonyl (C=O) groups is 2. The van der Waals surface area contributed by atoms with Gasteiger partial charge in [0.1, 0.15) is 12.4 Å². The van der Waals surface area contributed by atoms with Gasteiger partial charge in [0, 0.05) is 7.05 Å². The Morgan fingerprint density at radius 2 is 1.86 bits per heavy atom. The Bertz CT molecular complexity index is 1380. The highest BCUT2D eigenvalue weighted by atomic mass is 127. The van der Waals surface area contributed by atoms with Crippen LogP contribution in [0, 0.1) is 3.57 Å². The number of aromatic carboxylic acids is 1. The molecule has 178 valence electrons. The average Bonchev–Trinajstić information content (AvgIpc) is 3.08. The number of nitrogens with zero attached hydrogens (tertiary/aromatic N) is 2. The van der Waals surface area contributed by atoms with Gasteiger partial charge in [-0.25, -0.2) is 9.79 Å². The quantitative estimate of drug-likeness (QED) is 0.230. The second-order valence-electron chi connectivity index (χ2n) is 7.45. The minimum atomic E-state index is -1.00. The van der Waals surface area contributed by atoms with Crippen LogP contribution in [-0.2, 0) is 11.4 Å². The van der Waals surface area contributed by atoms with E-state index in [4.69, 9.17) is 33.0 Å². The second kappa shape index (κ2) is 11.0. The van der Waals surface area contributed by atoms with Gasteiger partial charge in [0.05, 0.1) is 29.8 Å². The number of ether oxygens (including phenoxy) is 1. The molecule has 0 aliphatic carbocycles. The fourth-order valence-electron chi connectivity index (χ4n) is 3.11. The van der Waals surface area contributed by atoms with Crippen LogP contribution in [0.1, 0.15) is 21.5 Å². The molecule has 1 aliphatic rings. The van der Waals surface area contributed by atoms with Crippen LogP contribution in [0.5, 0.6) is 5.75 Å². The summed E-state index contributed by atoms with van der Waals surface area (Å²) in [5, 5.41) is 10.5. The van der Waals surface area contributed by atoms with Crippen molar-refractivity contribution in [3.8, 4) is 5.75 Å². The number of benzene rings is 3. The Hall–Kier alpha value is -2.53. The zero-order valence-corrected chi connectivity index (χ0v) is 22.7. The Kier molecular flexibility index (Phi) is 8.05. The van der Waals surface area contributed by atoms with E-state index in [9.17, 15) is 9.59 Å². The summed E-state index contributed by atoms with van der Waals surface area (Å²) in [7, 11) is 1.66. The molecule has 0 unspecified atom stereocenters. The molecule has 1 heterocycles. The smallest absolute Gasteiger partial charge is 0.335 e. The van der Waals surface area contributed by atoms with Crippen LogP contribution in [0.3, 0.4) is 0 Å². The van der Waals surface area contributed by atoms with Crippen LogP contribution in [0.15, 0.2) is 70.6 Å². The van der Waals surface area contributed by atoms with Crippen molar-refractivity contribution in [3.05, 3.63) is 95.9 Å². The van der Waals surface area contributed by atoms with E-state index in [2.05, 4.69) is 27.6 Å². The molecule has 35 heavy (non-hydrogen) atoms. The first-order valence-corrected chi connectivity index (χ1v) is 12.8. The van der Waals surface area contributed by atoms with E-state index >= 15 is 0 Å². The number of hydrogen-bond acceptors (Lipinski definition) is 5. The van der Waals surface area contributed by atoms with E-state index < -0.39 is 5.97 Å². The maximum Gasteiger partial charge on any atom is 0.335 e. The van der Waals surface area contributed by atoms with E-state index in [-0.39, 0.29) is 11.5 Å². The number of hydrogen-bond donors (Lipinski definition) is 1. The zero-order chi connectivity index (χ0) is 25.1. The number of thioether (sulfide) groups is 1. The van der Waals surface area contributed by atoms with Crippen LogP contribution in [0.25, 0.3) is 6.08 Å². The summed E-state index contributed by atoms with van der Waals surface area (Å²) in [4.78, 5) is 30.3. The predicted molar refractivity (Wildman–Crippen MR) is 149 cm³/mol. The molecule has 0 saturated carbocycles. The normalized spacial score (nSPS) is 15.8. The fraction of sp³-hybridized carbons (Fsp3) is 0.0800. The monoisotopic (exact) mass is 638 g/mol. The lowest BCUT2D eigenvalue weighted by molar-refractivity contribution is -0.121. The maximum atomic E-state index is 12.7. The van der Waals surface area contributed by atoms with E-state index in [1.165, 1.54) is 28.8 Å². The molecule has 6 nitrogen and oxygen atoms in total. The molecule has 0 radical (unpaired) electrons. The summed E-state index contributed by atoms with van der Waals surface area (Å²) in [5.74, 6) is -0.448. The first-order chi connectivity index (χ1) is 16.7.